The van der Waals surface area contributed by atoms with Crippen LogP contribution in [0.25, 0.3) is 31.9 Å². The Hall–Kier alpha value is -2.86. The number of rotatable bonds is 2. The van der Waals surface area contributed by atoms with Crippen LogP contribution >= 0.6 is 11.3 Å². The molecule has 4 rings (SSSR count). The van der Waals surface area contributed by atoms with Crippen LogP contribution in [0.1, 0.15) is 0 Å². The van der Waals surface area contributed by atoms with Gasteiger partial charge in [0.25, 0.3) is 0 Å². The molecule has 0 unspecified atom stereocenters. The standard InChI is InChI=1S/C17H11FN4S/c18-15-5-2-11(8-20-15)13-4-1-10-7-14(23-17(10)22-13)12-3-6-16(19)21-9-12/h1-9H,(H2,19,21). The number of nitrogen functional groups attached to an aromatic ring is 1. The summed E-state index contributed by atoms with van der Waals surface area (Å²) in [6, 6.07) is 12.7. The van der Waals surface area contributed by atoms with Crippen molar-refractivity contribution in [2.24, 2.45) is 0 Å². The Labute approximate surface area is 135 Å². The smallest absolute Gasteiger partial charge is 0.212 e. The Morgan fingerprint density at radius 3 is 2.48 bits per heavy atom. The van der Waals surface area contributed by atoms with E-state index in [1.54, 1.807) is 29.7 Å². The number of fused-ring (bicyclic) bond motifs is 1. The van der Waals surface area contributed by atoms with E-state index in [-0.39, 0.29) is 0 Å². The number of halogens is 1. The van der Waals surface area contributed by atoms with Gasteiger partial charge in [-0.2, -0.15) is 4.39 Å². The average molecular weight is 322 g/mol. The number of nitrogens with two attached hydrogens (primary N) is 1. The second kappa shape index (κ2) is 5.40. The predicted octanol–water partition coefficient (Wildman–Crippen LogP) is 4.14. The van der Waals surface area contributed by atoms with E-state index in [0.717, 1.165) is 31.9 Å². The van der Waals surface area contributed by atoms with Crippen molar-refractivity contribution in [2.45, 2.75) is 0 Å². The van der Waals surface area contributed by atoms with Gasteiger partial charge in [0, 0.05) is 33.8 Å². The van der Waals surface area contributed by atoms with Gasteiger partial charge in [0.2, 0.25) is 5.95 Å². The minimum atomic E-state index is -0.496. The molecule has 0 bridgehead atoms. The Morgan fingerprint density at radius 2 is 1.74 bits per heavy atom. The molecule has 4 aromatic rings. The number of nitrogens with zero attached hydrogens (tertiary/aromatic N) is 3. The second-order valence-electron chi connectivity index (χ2n) is 5.04. The number of aromatic nitrogens is 3. The monoisotopic (exact) mass is 322 g/mol. The summed E-state index contributed by atoms with van der Waals surface area (Å²) in [5.41, 5.74) is 8.19. The van der Waals surface area contributed by atoms with Crippen LogP contribution in [0.5, 0.6) is 0 Å². The molecule has 0 amide bonds. The van der Waals surface area contributed by atoms with E-state index in [9.17, 15) is 4.39 Å². The van der Waals surface area contributed by atoms with E-state index in [2.05, 4.69) is 21.0 Å². The van der Waals surface area contributed by atoms with Crippen LogP contribution in [0.15, 0.2) is 54.9 Å². The zero-order valence-electron chi connectivity index (χ0n) is 11.9. The molecular weight excluding hydrogens is 311 g/mol. The maximum atomic E-state index is 12.9. The zero-order chi connectivity index (χ0) is 15.8. The third kappa shape index (κ3) is 2.64. The predicted molar refractivity (Wildman–Crippen MR) is 90.5 cm³/mol. The van der Waals surface area contributed by atoms with Crippen LogP contribution in [-0.2, 0) is 0 Å². The first-order valence-corrected chi connectivity index (χ1v) is 7.75. The van der Waals surface area contributed by atoms with Crippen LogP contribution in [0.4, 0.5) is 10.2 Å². The van der Waals surface area contributed by atoms with E-state index < -0.39 is 5.95 Å². The van der Waals surface area contributed by atoms with Gasteiger partial charge >= 0.3 is 0 Å². The fourth-order valence-electron chi connectivity index (χ4n) is 2.30. The van der Waals surface area contributed by atoms with E-state index in [1.165, 1.54) is 12.3 Å². The molecule has 0 radical (unpaired) electrons. The van der Waals surface area contributed by atoms with Gasteiger partial charge in [0.05, 0.1) is 5.69 Å². The summed E-state index contributed by atoms with van der Waals surface area (Å²) in [5, 5.41) is 1.06. The van der Waals surface area contributed by atoms with E-state index in [0.29, 0.717) is 5.82 Å². The fraction of sp³-hybridized carbons (Fsp3) is 0. The largest absolute Gasteiger partial charge is 0.384 e. The van der Waals surface area contributed by atoms with Crippen molar-refractivity contribution in [3.05, 3.63) is 60.8 Å². The first-order valence-electron chi connectivity index (χ1n) is 6.93. The summed E-state index contributed by atoms with van der Waals surface area (Å²) >= 11 is 1.58. The molecule has 0 aliphatic rings. The van der Waals surface area contributed by atoms with Gasteiger partial charge in [0.15, 0.2) is 0 Å². The molecule has 2 N–H and O–H groups in total. The summed E-state index contributed by atoms with van der Waals surface area (Å²) in [6.07, 6.45) is 3.24. The summed E-state index contributed by atoms with van der Waals surface area (Å²) in [4.78, 5) is 14.4. The molecule has 4 nitrogen and oxygen atoms in total. The normalized spacial score (nSPS) is 11.0. The highest BCUT2D eigenvalue weighted by molar-refractivity contribution is 7.21. The first kappa shape index (κ1) is 13.8. The summed E-state index contributed by atoms with van der Waals surface area (Å²) in [7, 11) is 0. The second-order valence-corrected chi connectivity index (χ2v) is 6.07. The van der Waals surface area contributed by atoms with E-state index >= 15 is 0 Å². The van der Waals surface area contributed by atoms with Crippen LogP contribution in [0, 0.1) is 5.95 Å². The molecule has 0 aliphatic heterocycles. The highest BCUT2D eigenvalue weighted by atomic mass is 32.1. The molecule has 0 saturated carbocycles. The van der Waals surface area contributed by atoms with E-state index in [1.807, 2.05) is 18.2 Å². The number of hydrogen-bond donors (Lipinski definition) is 1. The third-order valence-corrected chi connectivity index (χ3v) is 4.57. The van der Waals surface area contributed by atoms with Gasteiger partial charge in [-0.3, -0.25) is 0 Å². The van der Waals surface area contributed by atoms with Crippen LogP contribution in [-0.4, -0.2) is 15.0 Å². The van der Waals surface area contributed by atoms with Gasteiger partial charge in [-0.25, -0.2) is 15.0 Å². The molecule has 23 heavy (non-hydrogen) atoms. The molecular formula is C17H11FN4S. The van der Waals surface area contributed by atoms with E-state index in [4.69, 9.17) is 5.73 Å². The summed E-state index contributed by atoms with van der Waals surface area (Å²) < 4.78 is 12.9. The van der Waals surface area contributed by atoms with Crippen molar-refractivity contribution in [2.75, 3.05) is 5.73 Å². The molecule has 4 aromatic heterocycles. The molecule has 0 atom stereocenters. The molecule has 0 spiro atoms. The average Bonchev–Trinajstić information content (AvgIpc) is 2.99. The van der Waals surface area contributed by atoms with Crippen LogP contribution < -0.4 is 5.73 Å². The van der Waals surface area contributed by atoms with Crippen molar-refractivity contribution >= 4 is 27.4 Å². The van der Waals surface area contributed by atoms with Crippen LogP contribution in [0.3, 0.4) is 0 Å². The van der Waals surface area contributed by atoms with Gasteiger partial charge in [-0.1, -0.05) is 0 Å². The highest BCUT2D eigenvalue weighted by Gasteiger charge is 2.08. The lowest BCUT2D eigenvalue weighted by atomic mass is 10.1. The van der Waals surface area contributed by atoms with Gasteiger partial charge < -0.3 is 5.73 Å². The van der Waals surface area contributed by atoms with Gasteiger partial charge in [0.1, 0.15) is 10.6 Å². The third-order valence-electron chi connectivity index (χ3n) is 3.48. The fourth-order valence-corrected chi connectivity index (χ4v) is 3.32. The molecule has 0 aliphatic carbocycles. The molecule has 4 heterocycles. The topological polar surface area (TPSA) is 64.7 Å². The molecule has 0 saturated heterocycles. The van der Waals surface area contributed by atoms with Gasteiger partial charge in [-0.15, -0.1) is 11.3 Å². The minimum Gasteiger partial charge on any atom is -0.384 e. The summed E-state index contributed by atoms with van der Waals surface area (Å²) in [6.45, 7) is 0. The van der Waals surface area contributed by atoms with Crippen molar-refractivity contribution in [1.29, 1.82) is 0 Å². The van der Waals surface area contributed by atoms with Crippen molar-refractivity contribution in [3.63, 3.8) is 0 Å². The molecule has 112 valence electrons. The Bertz CT molecular complexity index is 934. The van der Waals surface area contributed by atoms with Crippen molar-refractivity contribution in [1.82, 2.24) is 15.0 Å². The van der Waals surface area contributed by atoms with Crippen LogP contribution in [0.2, 0.25) is 0 Å². The lowest BCUT2D eigenvalue weighted by Gasteiger charge is -1.99. The first-order chi connectivity index (χ1) is 11.2. The SMILES string of the molecule is Nc1ccc(-c2cc3ccc(-c4ccc(F)nc4)nc3s2)cn1. The Kier molecular flexibility index (Phi) is 3.24. The molecule has 0 aromatic carbocycles. The Balaban J connectivity index is 1.77. The minimum absolute atomic E-state index is 0.496. The number of hydrogen-bond acceptors (Lipinski definition) is 5. The summed E-state index contributed by atoms with van der Waals surface area (Å²) in [5.74, 6) is 0.00294. The zero-order valence-corrected chi connectivity index (χ0v) is 12.7. The lowest BCUT2D eigenvalue weighted by Crippen LogP contribution is -1.87. The van der Waals surface area contributed by atoms with Crippen molar-refractivity contribution < 1.29 is 4.39 Å². The quantitative estimate of drug-likeness (QED) is 0.563. The number of pyridine rings is 3. The van der Waals surface area contributed by atoms with Crippen molar-refractivity contribution in [3.8, 4) is 21.7 Å². The maximum Gasteiger partial charge on any atom is 0.212 e. The number of thiophene rings is 1. The molecule has 6 heteroatoms. The lowest BCUT2D eigenvalue weighted by molar-refractivity contribution is 0.584. The maximum absolute atomic E-state index is 12.9. The van der Waals surface area contributed by atoms with Gasteiger partial charge in [-0.05, 0) is 42.5 Å². The number of anilines is 1. The molecule has 0 fully saturated rings. The Morgan fingerprint density at radius 1 is 0.913 bits per heavy atom. The highest BCUT2D eigenvalue weighted by Crippen LogP contribution is 2.33.